The first-order valence-corrected chi connectivity index (χ1v) is 10.2. The molecule has 166 valence electrons. The Morgan fingerprint density at radius 2 is 2.07 bits per heavy atom. The summed E-state index contributed by atoms with van der Waals surface area (Å²) in [6.07, 6.45) is -2.80. The van der Waals surface area contributed by atoms with E-state index in [1.807, 2.05) is 0 Å². The molecule has 1 saturated heterocycles. The molecular formula is C14H22N8O7S. The summed E-state index contributed by atoms with van der Waals surface area (Å²) >= 11 is 0. The van der Waals surface area contributed by atoms with Crippen molar-refractivity contribution in [3.63, 3.8) is 0 Å². The third-order valence-electron chi connectivity index (χ3n) is 4.43. The number of hydrogen-bond acceptors (Lipinski definition) is 13. The fourth-order valence-electron chi connectivity index (χ4n) is 2.85. The number of hydrogen-bond donors (Lipinski definition) is 6. The number of anilines is 1. The van der Waals surface area contributed by atoms with E-state index in [1.54, 1.807) is 4.72 Å². The van der Waals surface area contributed by atoms with Crippen LogP contribution in [0.1, 0.15) is 12.6 Å². The van der Waals surface area contributed by atoms with E-state index in [4.69, 9.17) is 26.1 Å². The van der Waals surface area contributed by atoms with Crippen molar-refractivity contribution in [3.8, 4) is 0 Å². The second-order valence-corrected chi connectivity index (χ2v) is 7.87. The van der Waals surface area contributed by atoms with Crippen LogP contribution >= 0.6 is 0 Å². The Hall–Kier alpha value is -2.47. The highest BCUT2D eigenvalue weighted by Gasteiger charge is 2.45. The van der Waals surface area contributed by atoms with Crippen LogP contribution in [-0.2, 0) is 24.0 Å². The van der Waals surface area contributed by atoms with Crippen LogP contribution in [0.15, 0.2) is 12.7 Å². The number of aliphatic hydroxyl groups is 2. The highest BCUT2D eigenvalue weighted by atomic mass is 32.2. The van der Waals surface area contributed by atoms with Crippen LogP contribution in [0.4, 0.5) is 5.82 Å². The number of rotatable bonds is 8. The number of nitrogens with one attached hydrogen (secondary N) is 1. The molecule has 1 fully saturated rings. The van der Waals surface area contributed by atoms with E-state index in [-0.39, 0.29) is 29.9 Å². The van der Waals surface area contributed by atoms with Gasteiger partial charge in [0.1, 0.15) is 30.2 Å². The van der Waals surface area contributed by atoms with Gasteiger partial charge < -0.3 is 32.2 Å². The molecule has 3 heterocycles. The molecule has 0 radical (unpaired) electrons. The van der Waals surface area contributed by atoms with Crippen molar-refractivity contribution in [1.29, 1.82) is 0 Å². The molecule has 0 spiro atoms. The summed E-state index contributed by atoms with van der Waals surface area (Å²) in [7, 11) is -4.53. The van der Waals surface area contributed by atoms with Crippen LogP contribution in [0, 0.1) is 0 Å². The maximum Gasteiger partial charge on any atom is 0.362 e. The summed E-state index contributed by atoms with van der Waals surface area (Å²) in [5.74, 6) is -0.880. The van der Waals surface area contributed by atoms with Crippen LogP contribution in [0.5, 0.6) is 0 Å². The smallest absolute Gasteiger partial charge is 0.362 e. The predicted octanol–water partition coefficient (Wildman–Crippen LogP) is -3.92. The molecule has 16 heteroatoms. The maximum absolute atomic E-state index is 11.9. The minimum atomic E-state index is -4.53. The average Bonchev–Trinajstić information content (AvgIpc) is 3.23. The van der Waals surface area contributed by atoms with Gasteiger partial charge in [0.25, 0.3) is 5.91 Å². The molecule has 1 amide bonds. The van der Waals surface area contributed by atoms with Crippen LogP contribution in [-0.4, -0.2) is 81.6 Å². The normalized spacial score (nSPS) is 25.5. The molecule has 2 aromatic heterocycles. The number of amides is 1. The minimum Gasteiger partial charge on any atom is -0.387 e. The van der Waals surface area contributed by atoms with Gasteiger partial charge in [-0.15, -0.1) is 0 Å². The molecule has 0 saturated carbocycles. The van der Waals surface area contributed by atoms with Crippen molar-refractivity contribution in [2.75, 3.05) is 18.9 Å². The van der Waals surface area contributed by atoms with Gasteiger partial charge in [0.05, 0.1) is 19.0 Å². The van der Waals surface area contributed by atoms with Gasteiger partial charge in [-0.1, -0.05) is 0 Å². The third-order valence-corrected chi connectivity index (χ3v) is 5.32. The molecule has 9 N–H and O–H groups in total. The Morgan fingerprint density at radius 3 is 2.77 bits per heavy atom. The van der Waals surface area contributed by atoms with Gasteiger partial charge in [-0.2, -0.15) is 8.42 Å². The summed E-state index contributed by atoms with van der Waals surface area (Å²) in [6.45, 7) is -0.594. The molecule has 0 bridgehead atoms. The Kier molecular flexibility index (Phi) is 6.46. The van der Waals surface area contributed by atoms with Crippen LogP contribution in [0.2, 0.25) is 0 Å². The first kappa shape index (κ1) is 22.2. The van der Waals surface area contributed by atoms with Gasteiger partial charge in [0, 0.05) is 0 Å². The van der Waals surface area contributed by atoms with Crippen molar-refractivity contribution >= 4 is 33.2 Å². The standard InChI is InChI=1S/C14H22N8O7S/c15-2-1-6(16)13(25)21-30(26,27)28-3-7-9(23)10(24)14(29-7)22-5-20-8-11(17)18-4-19-12(8)22/h4-7,9-10,14,23-24H,1-3,15-16H2,(H,21,25)(H2,17,18,19)/t6?,7-,9-,10-,14-/m1/s1. The van der Waals surface area contributed by atoms with E-state index in [0.29, 0.717) is 0 Å². The number of carbonyl (C=O) groups excluding carboxylic acids is 1. The average molecular weight is 446 g/mol. The van der Waals surface area contributed by atoms with Crippen LogP contribution < -0.4 is 21.9 Å². The fraction of sp³-hybridized carbons (Fsp3) is 0.571. The van der Waals surface area contributed by atoms with Gasteiger partial charge in [-0.05, 0) is 13.0 Å². The second-order valence-electron chi connectivity index (χ2n) is 6.52. The Bertz CT molecular complexity index is 1010. The van der Waals surface area contributed by atoms with Crippen molar-refractivity contribution in [1.82, 2.24) is 24.2 Å². The van der Waals surface area contributed by atoms with Crippen molar-refractivity contribution in [2.45, 2.75) is 37.0 Å². The number of aliphatic hydroxyl groups excluding tert-OH is 2. The molecule has 30 heavy (non-hydrogen) atoms. The first-order valence-electron chi connectivity index (χ1n) is 8.76. The van der Waals surface area contributed by atoms with Gasteiger partial charge in [0.2, 0.25) is 0 Å². The predicted molar refractivity (Wildman–Crippen MR) is 100 cm³/mol. The molecule has 3 rings (SSSR count). The molecule has 1 aliphatic heterocycles. The lowest BCUT2D eigenvalue weighted by molar-refractivity contribution is -0.120. The number of nitrogens with zero attached hydrogens (tertiary/aromatic N) is 4. The molecule has 5 atom stereocenters. The maximum atomic E-state index is 11.9. The Balaban J connectivity index is 1.67. The van der Waals surface area contributed by atoms with Crippen molar-refractivity contribution in [2.24, 2.45) is 11.5 Å². The number of imidazole rings is 1. The van der Waals surface area contributed by atoms with E-state index in [0.717, 1.165) is 0 Å². The quantitative estimate of drug-likeness (QED) is 0.227. The number of fused-ring (bicyclic) bond motifs is 1. The summed E-state index contributed by atoms with van der Waals surface area (Å²) in [6, 6.07) is -1.13. The van der Waals surface area contributed by atoms with Gasteiger partial charge in [0.15, 0.2) is 17.7 Å². The molecule has 1 unspecified atom stereocenters. The van der Waals surface area contributed by atoms with E-state index >= 15 is 0 Å². The van der Waals surface area contributed by atoms with Crippen molar-refractivity contribution in [3.05, 3.63) is 12.7 Å². The van der Waals surface area contributed by atoms with E-state index in [9.17, 15) is 23.4 Å². The number of nitrogens with two attached hydrogens (primary N) is 3. The van der Waals surface area contributed by atoms with Gasteiger partial charge in [-0.3, -0.25) is 13.5 Å². The minimum absolute atomic E-state index is 0.0760. The third kappa shape index (κ3) is 4.48. The second kappa shape index (κ2) is 8.72. The molecule has 15 nitrogen and oxygen atoms in total. The lowest BCUT2D eigenvalue weighted by atomic mass is 10.1. The highest BCUT2D eigenvalue weighted by Crippen LogP contribution is 2.32. The summed E-state index contributed by atoms with van der Waals surface area (Å²) in [5.41, 5.74) is 17.0. The summed E-state index contributed by atoms with van der Waals surface area (Å²) in [4.78, 5) is 23.6. The SMILES string of the molecule is NCCC(N)C(=O)NS(=O)(=O)OC[C@H]1O[C@@H](n2cnc3c(N)ncnc32)[C@H](O)[C@@H]1O. The molecule has 0 aliphatic carbocycles. The van der Waals surface area contributed by atoms with E-state index in [2.05, 4.69) is 15.0 Å². The Labute approximate surface area is 170 Å². The fourth-order valence-corrected chi connectivity index (χ4v) is 3.62. The van der Waals surface area contributed by atoms with Gasteiger partial charge >= 0.3 is 10.3 Å². The van der Waals surface area contributed by atoms with Crippen LogP contribution in [0.25, 0.3) is 11.2 Å². The van der Waals surface area contributed by atoms with E-state index in [1.165, 1.54) is 17.2 Å². The number of ether oxygens (including phenoxy) is 1. The largest absolute Gasteiger partial charge is 0.387 e. The molecule has 2 aromatic rings. The highest BCUT2D eigenvalue weighted by molar-refractivity contribution is 7.85. The van der Waals surface area contributed by atoms with Crippen molar-refractivity contribution < 1.29 is 32.3 Å². The lowest BCUT2D eigenvalue weighted by Gasteiger charge is -2.16. The number of nitrogen functional groups attached to an aromatic ring is 1. The zero-order chi connectivity index (χ0) is 22.1. The molecular weight excluding hydrogens is 424 g/mol. The van der Waals surface area contributed by atoms with Gasteiger partial charge in [-0.25, -0.2) is 19.7 Å². The zero-order valence-electron chi connectivity index (χ0n) is 15.5. The molecule has 0 aromatic carbocycles. The lowest BCUT2D eigenvalue weighted by Crippen LogP contribution is -2.45. The zero-order valence-corrected chi connectivity index (χ0v) is 16.3. The van der Waals surface area contributed by atoms with E-state index < -0.39 is 53.4 Å². The van der Waals surface area contributed by atoms with Crippen LogP contribution in [0.3, 0.4) is 0 Å². The first-order chi connectivity index (χ1) is 14.1. The summed E-state index contributed by atoms with van der Waals surface area (Å²) in [5, 5.41) is 20.6. The monoisotopic (exact) mass is 446 g/mol. The topological polar surface area (TPSA) is 244 Å². The number of carbonyl (C=O) groups is 1. The summed E-state index contributed by atoms with van der Waals surface area (Å²) < 4.78 is 37.1. The Morgan fingerprint density at radius 1 is 1.33 bits per heavy atom. The number of aromatic nitrogens is 4. The molecule has 1 aliphatic rings.